The van der Waals surface area contributed by atoms with Gasteiger partial charge in [-0.2, -0.15) is 0 Å². The molecular formula is C30H32N2O2. The van der Waals surface area contributed by atoms with E-state index in [4.69, 9.17) is 14.5 Å². The second-order valence-corrected chi connectivity index (χ2v) is 9.21. The van der Waals surface area contributed by atoms with Gasteiger partial charge in [-0.25, -0.2) is 0 Å². The third-order valence-electron chi connectivity index (χ3n) is 6.46. The highest BCUT2D eigenvalue weighted by atomic mass is 16.5. The number of hydrogen-bond acceptors (Lipinski definition) is 4. The molecule has 0 radical (unpaired) electrons. The van der Waals surface area contributed by atoms with Crippen LogP contribution in [-0.2, 0) is 4.74 Å². The highest BCUT2D eigenvalue weighted by molar-refractivity contribution is 6.00. The number of hydrogen-bond donors (Lipinski definition) is 0. The van der Waals surface area contributed by atoms with E-state index in [9.17, 15) is 0 Å². The van der Waals surface area contributed by atoms with Crippen molar-refractivity contribution in [2.24, 2.45) is 0 Å². The van der Waals surface area contributed by atoms with Crippen LogP contribution < -0.4 is 9.64 Å². The van der Waals surface area contributed by atoms with E-state index >= 15 is 0 Å². The maximum absolute atomic E-state index is 6.22. The van der Waals surface area contributed by atoms with Crippen LogP contribution in [0.25, 0.3) is 33.2 Å². The van der Waals surface area contributed by atoms with E-state index in [-0.39, 0.29) is 12.2 Å². The van der Waals surface area contributed by atoms with Gasteiger partial charge in [-0.1, -0.05) is 54.1 Å². The first-order valence-electron chi connectivity index (χ1n) is 12.2. The Bertz CT molecular complexity index is 1270. The molecule has 1 aliphatic rings. The molecule has 0 spiro atoms. The lowest BCUT2D eigenvalue weighted by Gasteiger charge is -2.36. The quantitative estimate of drug-likeness (QED) is 0.330. The van der Waals surface area contributed by atoms with Crippen LogP contribution in [0.2, 0.25) is 0 Å². The minimum atomic E-state index is 0.236. The second-order valence-electron chi connectivity index (χ2n) is 9.21. The predicted molar refractivity (Wildman–Crippen MR) is 141 cm³/mol. The molecule has 2 heterocycles. The number of morpholine rings is 1. The van der Waals surface area contributed by atoms with Crippen LogP contribution in [0.5, 0.6) is 5.75 Å². The largest absolute Gasteiger partial charge is 0.492 e. The molecule has 4 heteroatoms. The van der Waals surface area contributed by atoms with Crippen LogP contribution in [0, 0.1) is 6.92 Å². The van der Waals surface area contributed by atoms with Gasteiger partial charge in [-0.15, -0.1) is 0 Å². The molecule has 0 amide bonds. The Morgan fingerprint density at radius 2 is 1.53 bits per heavy atom. The Hall–Kier alpha value is -3.37. The summed E-state index contributed by atoms with van der Waals surface area (Å²) in [7, 11) is 0. The van der Waals surface area contributed by atoms with Crippen molar-refractivity contribution in [3.05, 3.63) is 78.5 Å². The number of aryl methyl sites for hydroxylation is 1. The number of nitrogens with zero attached hydrogens (tertiary/aromatic N) is 2. The van der Waals surface area contributed by atoms with Crippen molar-refractivity contribution >= 4 is 16.6 Å². The lowest BCUT2D eigenvalue weighted by molar-refractivity contribution is -0.00521. The van der Waals surface area contributed by atoms with Gasteiger partial charge >= 0.3 is 0 Å². The minimum absolute atomic E-state index is 0.236. The van der Waals surface area contributed by atoms with E-state index in [1.807, 2.05) is 13.1 Å². The summed E-state index contributed by atoms with van der Waals surface area (Å²) in [5, 5.41) is 1.04. The summed E-state index contributed by atoms with van der Waals surface area (Å²) in [4.78, 5) is 7.33. The third-order valence-corrected chi connectivity index (χ3v) is 6.46. The number of pyridine rings is 1. The lowest BCUT2D eigenvalue weighted by atomic mass is 9.98. The van der Waals surface area contributed by atoms with Gasteiger partial charge in [0, 0.05) is 41.5 Å². The predicted octanol–water partition coefficient (Wildman–Crippen LogP) is 6.89. The summed E-state index contributed by atoms with van der Waals surface area (Å²) in [6, 6.07) is 23.7. The summed E-state index contributed by atoms with van der Waals surface area (Å²) in [5.74, 6) is 0.892. The van der Waals surface area contributed by atoms with Crippen molar-refractivity contribution < 1.29 is 9.47 Å². The Labute approximate surface area is 202 Å². The summed E-state index contributed by atoms with van der Waals surface area (Å²) >= 11 is 0. The van der Waals surface area contributed by atoms with Crippen molar-refractivity contribution in [2.45, 2.75) is 39.9 Å². The molecule has 1 aromatic heterocycles. The molecule has 5 rings (SSSR count). The number of ether oxygens (including phenoxy) is 2. The molecule has 0 saturated carbocycles. The molecule has 174 valence electrons. The minimum Gasteiger partial charge on any atom is -0.492 e. The van der Waals surface area contributed by atoms with E-state index in [0.29, 0.717) is 6.61 Å². The maximum Gasteiger partial charge on any atom is 0.138 e. The average Bonchev–Trinajstić information content (AvgIpc) is 2.84. The van der Waals surface area contributed by atoms with E-state index in [2.05, 4.69) is 92.4 Å². The normalized spacial score (nSPS) is 18.3. The first kappa shape index (κ1) is 22.4. The van der Waals surface area contributed by atoms with Crippen LogP contribution >= 0.6 is 0 Å². The van der Waals surface area contributed by atoms with Gasteiger partial charge in [0.05, 0.1) is 24.3 Å². The Morgan fingerprint density at radius 3 is 2.21 bits per heavy atom. The van der Waals surface area contributed by atoms with E-state index in [0.717, 1.165) is 52.0 Å². The molecule has 1 aliphatic heterocycles. The van der Waals surface area contributed by atoms with Crippen LogP contribution in [0.15, 0.2) is 72.9 Å². The molecule has 4 aromatic rings. The van der Waals surface area contributed by atoms with Crippen LogP contribution in [0.3, 0.4) is 0 Å². The van der Waals surface area contributed by atoms with E-state index in [1.54, 1.807) is 0 Å². The molecule has 3 aromatic carbocycles. The van der Waals surface area contributed by atoms with Crippen LogP contribution in [0.4, 0.5) is 5.69 Å². The third kappa shape index (κ3) is 4.38. The highest BCUT2D eigenvalue weighted by Gasteiger charge is 2.22. The molecule has 0 N–H and O–H groups in total. The monoisotopic (exact) mass is 452 g/mol. The molecule has 4 nitrogen and oxygen atoms in total. The van der Waals surface area contributed by atoms with Crippen molar-refractivity contribution in [1.29, 1.82) is 0 Å². The molecule has 2 atom stereocenters. The second kappa shape index (κ2) is 9.47. The van der Waals surface area contributed by atoms with Crippen LogP contribution in [0.1, 0.15) is 26.3 Å². The number of fused-ring (bicyclic) bond motifs is 1. The Balaban J connectivity index is 1.54. The molecule has 0 bridgehead atoms. The Morgan fingerprint density at radius 1 is 0.882 bits per heavy atom. The Kier molecular flexibility index (Phi) is 6.25. The smallest absolute Gasteiger partial charge is 0.138 e. The first-order chi connectivity index (χ1) is 16.5. The number of rotatable bonds is 5. The number of para-hydroxylation sites is 1. The molecule has 34 heavy (non-hydrogen) atoms. The summed E-state index contributed by atoms with van der Waals surface area (Å²) in [6.07, 6.45) is 2.43. The van der Waals surface area contributed by atoms with Gasteiger partial charge in [0.1, 0.15) is 5.75 Å². The molecule has 0 unspecified atom stereocenters. The first-order valence-corrected chi connectivity index (χ1v) is 12.2. The average molecular weight is 453 g/mol. The van der Waals surface area contributed by atoms with Gasteiger partial charge in [0.15, 0.2) is 0 Å². The molecule has 1 fully saturated rings. The number of aromatic nitrogens is 1. The zero-order valence-corrected chi connectivity index (χ0v) is 20.4. The lowest BCUT2D eigenvalue weighted by Crippen LogP contribution is -2.45. The maximum atomic E-state index is 6.22. The van der Waals surface area contributed by atoms with Gasteiger partial charge in [-0.05, 0) is 57.0 Å². The standard InChI is InChI=1S/C30H32N2O2/c1-5-33-30-27-8-6-7-26(23-11-9-20(2)10-12-23)29(27)31-17-28(30)24-13-15-25(16-14-24)32-18-21(3)34-22(4)19-32/h6-17,21-22H,5,18-19H2,1-4H3/t21-,22+. The topological polar surface area (TPSA) is 34.6 Å². The molecule has 1 saturated heterocycles. The van der Waals surface area contributed by atoms with E-state index < -0.39 is 0 Å². The van der Waals surface area contributed by atoms with E-state index in [1.165, 1.54) is 11.3 Å². The molecular weight excluding hydrogens is 420 g/mol. The summed E-state index contributed by atoms with van der Waals surface area (Å²) < 4.78 is 12.1. The van der Waals surface area contributed by atoms with Gasteiger partial charge in [0.2, 0.25) is 0 Å². The van der Waals surface area contributed by atoms with Crippen molar-refractivity contribution in [3.63, 3.8) is 0 Å². The van der Waals surface area contributed by atoms with Crippen LogP contribution in [-0.4, -0.2) is 36.9 Å². The number of benzene rings is 3. The fraction of sp³-hybridized carbons (Fsp3) is 0.300. The summed E-state index contributed by atoms with van der Waals surface area (Å²) in [6.45, 7) is 10.8. The van der Waals surface area contributed by atoms with Crippen molar-refractivity contribution in [3.8, 4) is 28.0 Å². The number of anilines is 1. The zero-order valence-electron chi connectivity index (χ0n) is 20.4. The highest BCUT2D eigenvalue weighted by Crippen LogP contribution is 2.39. The van der Waals surface area contributed by atoms with Gasteiger partial charge in [-0.3, -0.25) is 4.98 Å². The fourth-order valence-electron chi connectivity index (χ4n) is 4.91. The zero-order chi connectivity index (χ0) is 23.7. The SMILES string of the molecule is CCOc1c(-c2ccc(N3C[C@@H](C)O[C@@H](C)C3)cc2)cnc2c(-c3ccc(C)cc3)cccc12. The summed E-state index contributed by atoms with van der Waals surface area (Å²) in [5.41, 5.74) is 7.85. The fourth-order valence-corrected chi connectivity index (χ4v) is 4.91. The van der Waals surface area contributed by atoms with Gasteiger partial charge < -0.3 is 14.4 Å². The molecule has 0 aliphatic carbocycles. The van der Waals surface area contributed by atoms with Crippen molar-refractivity contribution in [1.82, 2.24) is 4.98 Å². The van der Waals surface area contributed by atoms with Crippen molar-refractivity contribution in [2.75, 3.05) is 24.6 Å². The van der Waals surface area contributed by atoms with Gasteiger partial charge in [0.25, 0.3) is 0 Å².